The molecule has 0 N–H and O–H groups in total. The molecule has 0 aliphatic rings. The Morgan fingerprint density at radius 3 is 2.19 bits per heavy atom. The van der Waals surface area contributed by atoms with Crippen molar-refractivity contribution in [3.8, 4) is 16.8 Å². The Balaban J connectivity index is 0.000000223. The third-order valence-corrected chi connectivity index (χ3v) is 10.4. The molecule has 4 heteroatoms. The van der Waals surface area contributed by atoms with Gasteiger partial charge in [-0.3, -0.25) is 9.98 Å². The van der Waals surface area contributed by atoms with Gasteiger partial charge in [-0.1, -0.05) is 122 Å². The van der Waals surface area contributed by atoms with Crippen molar-refractivity contribution < 1.29 is 0 Å². The second-order valence-corrected chi connectivity index (χ2v) is 15.1. The maximum Gasteiger partial charge on any atom is 0.0847 e. The minimum absolute atomic E-state index is 0.321. The van der Waals surface area contributed by atoms with Crippen LogP contribution >= 0.6 is 11.3 Å². The van der Waals surface area contributed by atoms with Crippen molar-refractivity contribution in [3.63, 3.8) is 0 Å². The Kier molecular flexibility index (Phi) is 12.2. The van der Waals surface area contributed by atoms with Gasteiger partial charge in [-0.2, -0.15) is 0 Å². The van der Waals surface area contributed by atoms with Gasteiger partial charge in [0.2, 0.25) is 0 Å². The summed E-state index contributed by atoms with van der Waals surface area (Å²) in [6, 6.07) is 43.6. The van der Waals surface area contributed by atoms with Crippen LogP contribution in [0.15, 0.2) is 174 Å². The van der Waals surface area contributed by atoms with E-state index < -0.39 is 0 Å². The van der Waals surface area contributed by atoms with Crippen LogP contribution in [-0.2, 0) is 0 Å². The fourth-order valence-electron chi connectivity index (χ4n) is 6.50. The van der Waals surface area contributed by atoms with E-state index in [1.807, 2.05) is 30.4 Å². The van der Waals surface area contributed by atoms with Crippen LogP contribution in [0.5, 0.6) is 0 Å². The highest BCUT2D eigenvalue weighted by Gasteiger charge is 2.13. The highest BCUT2D eigenvalue weighted by molar-refractivity contribution is 7.16. The number of nitrogens with zero attached hydrogens (tertiary/aromatic N) is 3. The Hall–Kier alpha value is -5.84. The summed E-state index contributed by atoms with van der Waals surface area (Å²) in [5, 5.41) is 6.16. The van der Waals surface area contributed by atoms with E-state index in [2.05, 4.69) is 173 Å². The van der Waals surface area contributed by atoms with E-state index in [0.29, 0.717) is 5.92 Å². The molecule has 0 atom stereocenters. The number of benzene rings is 4. The maximum absolute atomic E-state index is 4.78. The average Bonchev–Trinajstić information content (AvgIpc) is 3.53. The van der Waals surface area contributed by atoms with E-state index in [4.69, 9.17) is 4.99 Å². The first kappa shape index (κ1) is 37.9. The second-order valence-electron chi connectivity index (χ2n) is 14.2. The highest BCUT2D eigenvalue weighted by Crippen LogP contribution is 2.35. The molecule has 0 fully saturated rings. The van der Waals surface area contributed by atoms with Crippen LogP contribution in [0, 0.1) is 26.7 Å². The molecule has 7 aromatic rings. The van der Waals surface area contributed by atoms with Gasteiger partial charge in [-0.25, -0.2) is 0 Å². The number of para-hydroxylation sites is 1. The molecule has 0 spiro atoms. The van der Waals surface area contributed by atoms with Crippen molar-refractivity contribution in [2.45, 2.75) is 48.5 Å². The predicted octanol–water partition coefficient (Wildman–Crippen LogP) is 14.3. The summed E-state index contributed by atoms with van der Waals surface area (Å²) in [5.41, 5.74) is 14.0. The molecule has 0 radical (unpaired) electrons. The zero-order chi connectivity index (χ0) is 38.2. The molecule has 3 heterocycles. The average molecular weight is 724 g/mol. The topological polar surface area (TPSA) is 30.2 Å². The van der Waals surface area contributed by atoms with Crippen molar-refractivity contribution in [1.29, 1.82) is 0 Å². The lowest BCUT2D eigenvalue weighted by Gasteiger charge is -2.10. The van der Waals surface area contributed by atoms with Crippen molar-refractivity contribution in [2.75, 3.05) is 0 Å². The Bertz CT molecular complexity index is 2570. The van der Waals surface area contributed by atoms with Crippen LogP contribution in [0.3, 0.4) is 0 Å². The van der Waals surface area contributed by atoms with E-state index in [9.17, 15) is 0 Å². The van der Waals surface area contributed by atoms with Gasteiger partial charge in [0, 0.05) is 27.4 Å². The van der Waals surface area contributed by atoms with E-state index in [-0.39, 0.29) is 0 Å². The summed E-state index contributed by atoms with van der Waals surface area (Å²) >= 11 is 1.80. The molecule has 54 heavy (non-hydrogen) atoms. The number of aliphatic imine (C=N–C) groups is 1. The highest BCUT2D eigenvalue weighted by atomic mass is 32.1. The van der Waals surface area contributed by atoms with Gasteiger partial charge in [0.1, 0.15) is 0 Å². The summed E-state index contributed by atoms with van der Waals surface area (Å²) in [5.74, 6) is 0.321. The first-order valence-electron chi connectivity index (χ1n) is 18.5. The van der Waals surface area contributed by atoms with Gasteiger partial charge in [-0.15, -0.1) is 11.3 Å². The van der Waals surface area contributed by atoms with Crippen molar-refractivity contribution >= 4 is 48.9 Å². The normalized spacial score (nSPS) is 11.5. The number of pyridine rings is 1. The van der Waals surface area contributed by atoms with E-state index in [1.54, 1.807) is 23.6 Å². The summed E-state index contributed by atoms with van der Waals surface area (Å²) in [6.07, 6.45) is 7.44. The number of aromatic nitrogens is 2. The third-order valence-electron chi connectivity index (χ3n) is 9.41. The minimum atomic E-state index is 0.321. The minimum Gasteiger partial charge on any atom is -0.309 e. The van der Waals surface area contributed by atoms with Crippen LogP contribution in [-0.4, -0.2) is 15.3 Å². The van der Waals surface area contributed by atoms with Crippen molar-refractivity contribution in [3.05, 3.63) is 191 Å². The predicted molar refractivity (Wildman–Crippen MR) is 237 cm³/mol. The van der Waals surface area contributed by atoms with Gasteiger partial charge in [0.05, 0.1) is 28.1 Å². The molecule has 0 saturated heterocycles. The van der Waals surface area contributed by atoms with Crippen LogP contribution in [0.4, 0.5) is 0 Å². The molecule has 0 unspecified atom stereocenters. The van der Waals surface area contributed by atoms with Crippen molar-refractivity contribution in [2.24, 2.45) is 10.9 Å². The summed E-state index contributed by atoms with van der Waals surface area (Å²) in [7, 11) is 0. The molecule has 4 aromatic carbocycles. The first-order chi connectivity index (χ1) is 26.1. The van der Waals surface area contributed by atoms with Gasteiger partial charge < -0.3 is 4.57 Å². The Morgan fingerprint density at radius 2 is 1.46 bits per heavy atom. The number of allylic oxidation sites excluding steroid dienone is 4. The quantitative estimate of drug-likeness (QED) is 0.119. The molecule has 3 nitrogen and oxygen atoms in total. The molecule has 270 valence electrons. The van der Waals surface area contributed by atoms with E-state index >= 15 is 0 Å². The number of hydrogen-bond acceptors (Lipinski definition) is 3. The van der Waals surface area contributed by atoms with Gasteiger partial charge >= 0.3 is 0 Å². The SMILES string of the molecule is C=C/C=C\C(N=C(c1ccccn1)C(C)C)=C(C)C.Cc1ccc(-n2c3ccccc3c3cc(-c4cccc(C)c5cc(C)ccc5sc4)ccc32)cc1. The summed E-state index contributed by atoms with van der Waals surface area (Å²) in [6.45, 7) is 18.6. The van der Waals surface area contributed by atoms with Crippen LogP contribution in [0.25, 0.3) is 48.7 Å². The molecule has 7 rings (SSSR count). The van der Waals surface area contributed by atoms with Crippen LogP contribution < -0.4 is 0 Å². The molecule has 0 amide bonds. The lowest BCUT2D eigenvalue weighted by Crippen LogP contribution is -2.11. The first-order valence-corrected chi connectivity index (χ1v) is 19.4. The third kappa shape index (κ3) is 8.68. The number of rotatable bonds is 7. The Morgan fingerprint density at radius 1 is 0.722 bits per heavy atom. The van der Waals surface area contributed by atoms with Crippen LogP contribution in [0.2, 0.25) is 0 Å². The zero-order valence-electron chi connectivity index (χ0n) is 32.5. The standard InChI is InChI=1S/C33H27NS.C17H22N2/c1-22-11-15-27(16-12-22)34-31-10-5-4-9-28(31)30-20-25(14-17-32(30)34)26-8-6-7-24(3)29-19-23(2)13-18-33(29)35-21-26;1-6-7-10-15(13(2)3)19-17(14(4)5)16-11-8-9-12-18-16/h4-21H,1-3H3;6-12,14H,1H2,2-5H3/b;10-7-,19-17?. The number of fused-ring (bicyclic) bond motifs is 4. The monoisotopic (exact) mass is 723 g/mol. The fraction of sp³-hybridized carbons (Fsp3) is 0.160. The lowest BCUT2D eigenvalue weighted by atomic mass is 10.0. The second kappa shape index (κ2) is 17.3. The fourth-order valence-corrected chi connectivity index (χ4v) is 7.46. The number of aryl methyl sites for hydroxylation is 3. The Labute approximate surface area is 324 Å². The van der Waals surface area contributed by atoms with E-state index in [1.165, 1.54) is 71.0 Å². The summed E-state index contributed by atoms with van der Waals surface area (Å²) < 4.78 is 3.67. The largest absolute Gasteiger partial charge is 0.309 e. The van der Waals surface area contributed by atoms with Crippen molar-refractivity contribution in [1.82, 2.24) is 9.55 Å². The van der Waals surface area contributed by atoms with Gasteiger partial charge in [0.15, 0.2) is 0 Å². The lowest BCUT2D eigenvalue weighted by molar-refractivity contribution is 0.876. The molecule has 0 aliphatic heterocycles. The summed E-state index contributed by atoms with van der Waals surface area (Å²) in [4.78, 5) is 9.18. The maximum atomic E-state index is 4.78. The molecule has 0 aliphatic carbocycles. The van der Waals surface area contributed by atoms with Gasteiger partial charge in [-0.05, 0) is 123 Å². The molecule has 3 aromatic heterocycles. The smallest absolute Gasteiger partial charge is 0.0847 e. The van der Waals surface area contributed by atoms with Crippen LogP contribution in [0.1, 0.15) is 50.1 Å². The molecular weight excluding hydrogens is 675 g/mol. The molecule has 0 saturated carbocycles. The number of hydrogen-bond donors (Lipinski definition) is 0. The van der Waals surface area contributed by atoms with E-state index in [0.717, 1.165) is 17.1 Å². The van der Waals surface area contributed by atoms with Gasteiger partial charge in [0.25, 0.3) is 0 Å². The zero-order valence-corrected chi connectivity index (χ0v) is 33.3. The molecule has 0 bridgehead atoms. The molecular formula is C50H49N3S.